The first-order valence-corrected chi connectivity index (χ1v) is 4.05. The van der Waals surface area contributed by atoms with Crippen LogP contribution in [0.5, 0.6) is 0 Å². The molecule has 62 valence electrons. The summed E-state index contributed by atoms with van der Waals surface area (Å²) in [5, 5.41) is 7.73. The lowest BCUT2D eigenvalue weighted by molar-refractivity contribution is 0.617. The number of hydrogen-bond acceptors (Lipinski definition) is 2. The molecule has 11 heavy (non-hydrogen) atoms. The zero-order chi connectivity index (χ0) is 8.43. The summed E-state index contributed by atoms with van der Waals surface area (Å²) in [5.41, 5.74) is 1.08. The summed E-state index contributed by atoms with van der Waals surface area (Å²) in [6.07, 6.45) is 1.75. The monoisotopic (exact) mass is 173 g/mol. The molecule has 0 saturated heterocycles. The molecule has 1 aromatic heterocycles. The Morgan fingerprint density at radius 3 is 2.55 bits per heavy atom. The SMILES string of the molecule is CC(Cl)C(C)c1cnnn1C. The van der Waals surface area contributed by atoms with Gasteiger partial charge in [-0.2, -0.15) is 0 Å². The van der Waals surface area contributed by atoms with Gasteiger partial charge in [-0.1, -0.05) is 12.1 Å². The van der Waals surface area contributed by atoms with E-state index in [-0.39, 0.29) is 5.38 Å². The van der Waals surface area contributed by atoms with Crippen LogP contribution >= 0.6 is 11.6 Å². The molecule has 0 aliphatic heterocycles. The Morgan fingerprint density at radius 2 is 2.18 bits per heavy atom. The molecule has 0 radical (unpaired) electrons. The summed E-state index contributed by atoms with van der Waals surface area (Å²) in [5.74, 6) is 0.302. The Morgan fingerprint density at radius 1 is 1.55 bits per heavy atom. The number of hydrogen-bond donors (Lipinski definition) is 0. The zero-order valence-electron chi connectivity index (χ0n) is 6.95. The van der Waals surface area contributed by atoms with E-state index in [0.717, 1.165) is 5.69 Å². The van der Waals surface area contributed by atoms with E-state index >= 15 is 0 Å². The Kier molecular flexibility index (Phi) is 2.49. The van der Waals surface area contributed by atoms with E-state index in [2.05, 4.69) is 17.2 Å². The average Bonchev–Trinajstić information content (AvgIpc) is 2.33. The van der Waals surface area contributed by atoms with Gasteiger partial charge >= 0.3 is 0 Å². The maximum Gasteiger partial charge on any atom is 0.0728 e. The number of aryl methyl sites for hydroxylation is 1. The van der Waals surface area contributed by atoms with Crippen molar-refractivity contribution in [2.75, 3.05) is 0 Å². The molecule has 0 aromatic carbocycles. The maximum atomic E-state index is 5.92. The van der Waals surface area contributed by atoms with Crippen LogP contribution in [0.1, 0.15) is 25.5 Å². The van der Waals surface area contributed by atoms with Gasteiger partial charge in [-0.05, 0) is 6.92 Å². The topological polar surface area (TPSA) is 30.7 Å². The third-order valence-electron chi connectivity index (χ3n) is 1.90. The van der Waals surface area contributed by atoms with Gasteiger partial charge in [0.05, 0.1) is 11.9 Å². The Labute approximate surface area is 71.4 Å². The zero-order valence-corrected chi connectivity index (χ0v) is 7.71. The van der Waals surface area contributed by atoms with Gasteiger partial charge in [-0.25, -0.2) is 0 Å². The number of aromatic nitrogens is 3. The lowest BCUT2D eigenvalue weighted by atomic mass is 10.1. The molecule has 0 aliphatic rings. The molecule has 2 unspecified atom stereocenters. The van der Waals surface area contributed by atoms with Crippen LogP contribution in [0.3, 0.4) is 0 Å². The molecule has 3 nitrogen and oxygen atoms in total. The van der Waals surface area contributed by atoms with Crippen LogP contribution in [0, 0.1) is 0 Å². The normalized spacial score (nSPS) is 16.4. The van der Waals surface area contributed by atoms with E-state index in [1.807, 2.05) is 14.0 Å². The van der Waals surface area contributed by atoms with E-state index in [0.29, 0.717) is 5.92 Å². The maximum absolute atomic E-state index is 5.92. The molecule has 0 bridgehead atoms. The van der Waals surface area contributed by atoms with Gasteiger partial charge in [-0.3, -0.25) is 4.68 Å². The van der Waals surface area contributed by atoms with Gasteiger partial charge in [-0.15, -0.1) is 16.7 Å². The van der Waals surface area contributed by atoms with Crippen molar-refractivity contribution < 1.29 is 0 Å². The highest BCUT2D eigenvalue weighted by Crippen LogP contribution is 2.20. The van der Waals surface area contributed by atoms with Crippen molar-refractivity contribution in [3.05, 3.63) is 11.9 Å². The van der Waals surface area contributed by atoms with Crippen LogP contribution < -0.4 is 0 Å². The highest BCUT2D eigenvalue weighted by molar-refractivity contribution is 6.20. The van der Waals surface area contributed by atoms with Gasteiger partial charge in [0.15, 0.2) is 0 Å². The number of halogens is 1. The predicted molar refractivity (Wildman–Crippen MR) is 44.7 cm³/mol. The molecule has 4 heteroatoms. The van der Waals surface area contributed by atoms with Crippen molar-refractivity contribution in [2.24, 2.45) is 7.05 Å². The van der Waals surface area contributed by atoms with Crippen LogP contribution in [0.2, 0.25) is 0 Å². The molecule has 1 rings (SSSR count). The van der Waals surface area contributed by atoms with Crippen molar-refractivity contribution in [2.45, 2.75) is 25.1 Å². The lowest BCUT2D eigenvalue weighted by Gasteiger charge is -2.12. The lowest BCUT2D eigenvalue weighted by Crippen LogP contribution is -2.09. The molecule has 0 amide bonds. The molecule has 1 heterocycles. The van der Waals surface area contributed by atoms with E-state index in [1.165, 1.54) is 0 Å². The summed E-state index contributed by atoms with van der Waals surface area (Å²) in [7, 11) is 1.87. The summed E-state index contributed by atoms with van der Waals surface area (Å²) in [6.45, 7) is 4.04. The second kappa shape index (κ2) is 3.22. The summed E-state index contributed by atoms with van der Waals surface area (Å²) < 4.78 is 1.75. The number of alkyl halides is 1. The van der Waals surface area contributed by atoms with E-state index in [9.17, 15) is 0 Å². The van der Waals surface area contributed by atoms with Crippen LogP contribution in [0.4, 0.5) is 0 Å². The minimum absolute atomic E-state index is 0.118. The van der Waals surface area contributed by atoms with Gasteiger partial charge < -0.3 is 0 Å². The van der Waals surface area contributed by atoms with Crippen LogP contribution in [-0.4, -0.2) is 20.4 Å². The van der Waals surface area contributed by atoms with Crippen molar-refractivity contribution in [1.82, 2.24) is 15.0 Å². The standard InChI is InChI=1S/C7H12ClN3/c1-5(6(2)8)7-4-9-10-11(7)3/h4-6H,1-3H3. The highest BCUT2D eigenvalue weighted by atomic mass is 35.5. The molecule has 1 aromatic rings. The third kappa shape index (κ3) is 1.71. The first-order valence-electron chi connectivity index (χ1n) is 3.61. The first-order chi connectivity index (χ1) is 5.13. The fourth-order valence-electron chi connectivity index (χ4n) is 0.945. The van der Waals surface area contributed by atoms with Gasteiger partial charge in [0.25, 0.3) is 0 Å². The summed E-state index contributed by atoms with van der Waals surface area (Å²) in [4.78, 5) is 0. The van der Waals surface area contributed by atoms with Crippen molar-refractivity contribution in [3.8, 4) is 0 Å². The van der Waals surface area contributed by atoms with Gasteiger partial charge in [0.1, 0.15) is 0 Å². The fraction of sp³-hybridized carbons (Fsp3) is 0.714. The predicted octanol–water partition coefficient (Wildman–Crippen LogP) is 1.55. The molecule has 0 N–H and O–H groups in total. The minimum Gasteiger partial charge on any atom is -0.252 e. The van der Waals surface area contributed by atoms with Crippen LogP contribution in [-0.2, 0) is 7.05 Å². The molecule has 0 fully saturated rings. The Balaban J connectivity index is 2.84. The van der Waals surface area contributed by atoms with Gasteiger partial charge in [0.2, 0.25) is 0 Å². The van der Waals surface area contributed by atoms with E-state index in [1.54, 1.807) is 10.9 Å². The minimum atomic E-state index is 0.118. The molecule has 2 atom stereocenters. The molecule has 0 aliphatic carbocycles. The third-order valence-corrected chi connectivity index (χ3v) is 2.28. The van der Waals surface area contributed by atoms with E-state index in [4.69, 9.17) is 11.6 Å². The largest absolute Gasteiger partial charge is 0.252 e. The average molecular weight is 174 g/mol. The molecular weight excluding hydrogens is 162 g/mol. The fourth-order valence-corrected chi connectivity index (χ4v) is 1.07. The summed E-state index contributed by atoms with van der Waals surface area (Å²) >= 11 is 5.92. The first kappa shape index (κ1) is 8.53. The Hall–Kier alpha value is -0.570. The summed E-state index contributed by atoms with van der Waals surface area (Å²) in [6, 6.07) is 0. The van der Waals surface area contributed by atoms with Crippen molar-refractivity contribution >= 4 is 11.6 Å². The van der Waals surface area contributed by atoms with Crippen LogP contribution in [0.15, 0.2) is 6.20 Å². The van der Waals surface area contributed by atoms with Crippen LogP contribution in [0.25, 0.3) is 0 Å². The second-order valence-corrected chi connectivity index (χ2v) is 3.44. The van der Waals surface area contributed by atoms with Gasteiger partial charge in [0, 0.05) is 18.3 Å². The highest BCUT2D eigenvalue weighted by Gasteiger charge is 2.14. The quantitative estimate of drug-likeness (QED) is 0.636. The molecule has 0 spiro atoms. The van der Waals surface area contributed by atoms with E-state index < -0.39 is 0 Å². The second-order valence-electron chi connectivity index (χ2n) is 2.75. The number of rotatable bonds is 2. The molecule has 0 saturated carbocycles. The molecular formula is C7H12ClN3. The Bertz CT molecular complexity index is 231. The van der Waals surface area contributed by atoms with Crippen molar-refractivity contribution in [3.63, 3.8) is 0 Å². The smallest absolute Gasteiger partial charge is 0.0728 e. The number of nitrogens with zero attached hydrogens (tertiary/aromatic N) is 3. The van der Waals surface area contributed by atoms with Crippen molar-refractivity contribution in [1.29, 1.82) is 0 Å².